The Morgan fingerprint density at radius 3 is 2.39 bits per heavy atom. The summed E-state index contributed by atoms with van der Waals surface area (Å²) in [7, 11) is -3.78. The van der Waals surface area contributed by atoms with E-state index in [4.69, 9.17) is 0 Å². The number of carbonyl (C=O) groups excluding carboxylic acids is 1. The van der Waals surface area contributed by atoms with Crippen molar-refractivity contribution in [2.24, 2.45) is 0 Å². The summed E-state index contributed by atoms with van der Waals surface area (Å²) in [6.07, 6.45) is 1.02. The van der Waals surface area contributed by atoms with Gasteiger partial charge in [0, 0.05) is 5.69 Å². The number of rotatable bonds is 8. The lowest BCUT2D eigenvalue weighted by Crippen LogP contribution is -2.45. The molecule has 0 aliphatic rings. The average molecular weight is 415 g/mol. The van der Waals surface area contributed by atoms with Crippen molar-refractivity contribution in [2.75, 3.05) is 5.32 Å². The molecule has 1 amide bonds. The van der Waals surface area contributed by atoms with Gasteiger partial charge in [0.1, 0.15) is 10.3 Å². The highest BCUT2D eigenvalue weighted by Crippen LogP contribution is 2.19. The molecular formula is C21H22N2O3S2. The lowest BCUT2D eigenvalue weighted by atomic mass is 10.1. The van der Waals surface area contributed by atoms with Crippen molar-refractivity contribution >= 4 is 33.0 Å². The molecule has 7 heteroatoms. The van der Waals surface area contributed by atoms with Crippen LogP contribution in [0.4, 0.5) is 5.69 Å². The topological polar surface area (TPSA) is 75.3 Å². The molecule has 0 spiro atoms. The van der Waals surface area contributed by atoms with E-state index in [0.717, 1.165) is 28.9 Å². The molecule has 0 radical (unpaired) electrons. The maximum Gasteiger partial charge on any atom is 0.250 e. The molecule has 2 aromatic carbocycles. The van der Waals surface area contributed by atoms with Gasteiger partial charge in [-0.3, -0.25) is 4.79 Å². The summed E-state index contributed by atoms with van der Waals surface area (Å²) in [4.78, 5) is 13.0. The SMILES string of the molecule is CCc1ccccc1NC(=O)[C@@H](Cc1ccccc1)NS(=O)(=O)c1cccs1. The van der Waals surface area contributed by atoms with Gasteiger partial charge in [0.05, 0.1) is 0 Å². The molecule has 0 unspecified atom stereocenters. The number of para-hydroxylation sites is 1. The second-order valence-corrected chi connectivity index (χ2v) is 9.18. The second-order valence-electron chi connectivity index (χ2n) is 6.30. The lowest BCUT2D eigenvalue weighted by Gasteiger charge is -2.19. The molecule has 5 nitrogen and oxygen atoms in total. The van der Waals surface area contributed by atoms with Crippen LogP contribution < -0.4 is 10.0 Å². The fourth-order valence-corrected chi connectivity index (χ4v) is 5.07. The van der Waals surface area contributed by atoms with Crippen molar-refractivity contribution in [3.63, 3.8) is 0 Å². The Balaban J connectivity index is 1.86. The first-order chi connectivity index (χ1) is 13.5. The van der Waals surface area contributed by atoms with Crippen LogP contribution in [-0.4, -0.2) is 20.4 Å². The van der Waals surface area contributed by atoms with Crippen molar-refractivity contribution in [3.05, 3.63) is 83.2 Å². The highest BCUT2D eigenvalue weighted by Gasteiger charge is 2.27. The number of sulfonamides is 1. The monoisotopic (exact) mass is 414 g/mol. The van der Waals surface area contributed by atoms with Crippen LogP contribution in [0.5, 0.6) is 0 Å². The molecule has 2 N–H and O–H groups in total. The van der Waals surface area contributed by atoms with E-state index in [2.05, 4.69) is 10.0 Å². The Morgan fingerprint density at radius 2 is 1.71 bits per heavy atom. The summed E-state index contributed by atoms with van der Waals surface area (Å²) in [5.41, 5.74) is 2.57. The summed E-state index contributed by atoms with van der Waals surface area (Å²) in [6.45, 7) is 2.01. The molecule has 0 saturated carbocycles. The lowest BCUT2D eigenvalue weighted by molar-refractivity contribution is -0.117. The minimum absolute atomic E-state index is 0.187. The van der Waals surface area contributed by atoms with E-state index in [0.29, 0.717) is 5.69 Å². The van der Waals surface area contributed by atoms with Crippen LogP contribution in [0, 0.1) is 0 Å². The summed E-state index contributed by atoms with van der Waals surface area (Å²) >= 11 is 1.12. The number of amides is 1. The Morgan fingerprint density at radius 1 is 1.00 bits per heavy atom. The van der Waals surface area contributed by atoms with E-state index in [9.17, 15) is 13.2 Å². The van der Waals surface area contributed by atoms with Crippen LogP contribution in [-0.2, 0) is 27.7 Å². The zero-order chi connectivity index (χ0) is 20.0. The molecule has 1 aromatic heterocycles. The Hall–Kier alpha value is -2.48. The fraction of sp³-hybridized carbons (Fsp3) is 0.190. The largest absolute Gasteiger partial charge is 0.324 e. The number of thiophene rings is 1. The molecule has 146 valence electrons. The third-order valence-electron chi connectivity index (χ3n) is 4.31. The van der Waals surface area contributed by atoms with E-state index in [1.54, 1.807) is 11.4 Å². The maximum absolute atomic E-state index is 13.0. The summed E-state index contributed by atoms with van der Waals surface area (Å²) < 4.78 is 28.1. The van der Waals surface area contributed by atoms with Gasteiger partial charge in [-0.1, -0.05) is 61.5 Å². The van der Waals surface area contributed by atoms with Gasteiger partial charge in [0.15, 0.2) is 0 Å². The molecule has 3 rings (SSSR count). The van der Waals surface area contributed by atoms with E-state index < -0.39 is 16.1 Å². The van der Waals surface area contributed by atoms with Crippen LogP contribution in [0.2, 0.25) is 0 Å². The van der Waals surface area contributed by atoms with E-state index in [1.165, 1.54) is 6.07 Å². The quantitative estimate of drug-likeness (QED) is 0.588. The number of anilines is 1. The van der Waals surface area contributed by atoms with Crippen LogP contribution in [0.25, 0.3) is 0 Å². The molecule has 0 saturated heterocycles. The molecular weight excluding hydrogens is 392 g/mol. The van der Waals surface area contributed by atoms with E-state index in [1.807, 2.05) is 61.5 Å². The van der Waals surface area contributed by atoms with Gasteiger partial charge in [0.25, 0.3) is 10.0 Å². The van der Waals surface area contributed by atoms with Crippen molar-refractivity contribution in [3.8, 4) is 0 Å². The number of carbonyl (C=O) groups is 1. The predicted molar refractivity (Wildman–Crippen MR) is 113 cm³/mol. The van der Waals surface area contributed by atoms with Crippen molar-refractivity contribution in [2.45, 2.75) is 30.0 Å². The van der Waals surface area contributed by atoms with Crippen LogP contribution in [0.15, 0.2) is 76.3 Å². The van der Waals surface area contributed by atoms with Gasteiger partial charge in [-0.25, -0.2) is 8.42 Å². The van der Waals surface area contributed by atoms with Crippen LogP contribution in [0.3, 0.4) is 0 Å². The van der Waals surface area contributed by atoms with Crippen molar-refractivity contribution in [1.29, 1.82) is 0 Å². The molecule has 0 aliphatic heterocycles. The first kappa shape index (κ1) is 20.3. The number of benzene rings is 2. The predicted octanol–water partition coefficient (Wildman–Crippen LogP) is 3.84. The van der Waals surface area contributed by atoms with Crippen LogP contribution >= 0.6 is 11.3 Å². The molecule has 28 heavy (non-hydrogen) atoms. The smallest absolute Gasteiger partial charge is 0.250 e. The number of hydrogen-bond acceptors (Lipinski definition) is 4. The maximum atomic E-state index is 13.0. The minimum Gasteiger partial charge on any atom is -0.324 e. The van der Waals surface area contributed by atoms with Gasteiger partial charge in [-0.15, -0.1) is 11.3 Å². The first-order valence-corrected chi connectivity index (χ1v) is 11.3. The van der Waals surface area contributed by atoms with E-state index in [-0.39, 0.29) is 16.5 Å². The minimum atomic E-state index is -3.78. The molecule has 3 aromatic rings. The zero-order valence-corrected chi connectivity index (χ0v) is 17.1. The summed E-state index contributed by atoms with van der Waals surface area (Å²) in [6, 6.07) is 19.1. The van der Waals surface area contributed by atoms with Crippen molar-refractivity contribution < 1.29 is 13.2 Å². The normalized spacial score (nSPS) is 12.5. The molecule has 0 aliphatic carbocycles. The van der Waals surface area contributed by atoms with Gasteiger partial charge in [0.2, 0.25) is 5.91 Å². The zero-order valence-electron chi connectivity index (χ0n) is 15.5. The Kier molecular flexibility index (Phi) is 6.61. The average Bonchev–Trinajstić information content (AvgIpc) is 3.24. The molecule has 1 heterocycles. The molecule has 0 fully saturated rings. The van der Waals surface area contributed by atoms with Crippen molar-refractivity contribution in [1.82, 2.24) is 4.72 Å². The van der Waals surface area contributed by atoms with E-state index >= 15 is 0 Å². The highest BCUT2D eigenvalue weighted by atomic mass is 32.2. The Labute approximate surface area is 169 Å². The fourth-order valence-electron chi connectivity index (χ4n) is 2.87. The Bertz CT molecular complexity index is 1020. The van der Waals surface area contributed by atoms with Gasteiger partial charge in [-0.05, 0) is 41.5 Å². The van der Waals surface area contributed by atoms with Gasteiger partial charge in [-0.2, -0.15) is 4.72 Å². The number of nitrogens with one attached hydrogen (secondary N) is 2. The van der Waals surface area contributed by atoms with Crippen LogP contribution in [0.1, 0.15) is 18.1 Å². The standard InChI is InChI=1S/C21H22N2O3S2/c1-2-17-11-6-7-12-18(17)22-21(24)19(15-16-9-4-3-5-10-16)23-28(25,26)20-13-8-14-27-20/h3-14,19,23H,2,15H2,1H3,(H,22,24)/t19-/m1/s1. The molecule has 1 atom stereocenters. The van der Waals surface area contributed by atoms with Gasteiger partial charge < -0.3 is 5.32 Å². The summed E-state index contributed by atoms with van der Waals surface area (Å²) in [5.74, 6) is -0.384. The second kappa shape index (κ2) is 9.14. The number of aryl methyl sites for hydroxylation is 1. The molecule has 0 bridgehead atoms. The third kappa shape index (κ3) is 5.07. The van der Waals surface area contributed by atoms with Gasteiger partial charge >= 0.3 is 0 Å². The number of hydrogen-bond donors (Lipinski definition) is 2. The third-order valence-corrected chi connectivity index (χ3v) is 7.18. The first-order valence-electron chi connectivity index (χ1n) is 8.98. The highest BCUT2D eigenvalue weighted by molar-refractivity contribution is 7.91. The summed E-state index contributed by atoms with van der Waals surface area (Å²) in [5, 5.41) is 4.58.